The van der Waals surface area contributed by atoms with Crippen LogP contribution in [0.1, 0.15) is 10.7 Å². The summed E-state index contributed by atoms with van der Waals surface area (Å²) in [6, 6.07) is 1.86. The predicted octanol–water partition coefficient (Wildman–Crippen LogP) is 4.00. The maximum absolute atomic E-state index is 13.4. The second-order valence-corrected chi connectivity index (χ2v) is 4.93. The number of thiazole rings is 1. The molecule has 0 radical (unpaired) electrons. The minimum absolute atomic E-state index is 0.0226. The summed E-state index contributed by atoms with van der Waals surface area (Å²) in [5.74, 6) is -1.40. The van der Waals surface area contributed by atoms with Crippen molar-refractivity contribution < 1.29 is 8.78 Å². The van der Waals surface area contributed by atoms with Crippen molar-refractivity contribution in [2.24, 2.45) is 0 Å². The van der Waals surface area contributed by atoms with Crippen LogP contribution in [0.2, 0.25) is 5.02 Å². The number of benzene rings is 1. The van der Waals surface area contributed by atoms with E-state index in [4.69, 9.17) is 11.6 Å². The molecule has 2 rings (SSSR count). The fraction of sp³-hybridized carbons (Fsp3) is 0.182. The molecule has 0 amide bonds. The van der Waals surface area contributed by atoms with E-state index in [2.05, 4.69) is 10.3 Å². The number of anilines is 1. The third kappa shape index (κ3) is 2.92. The Bertz CT molecular complexity index is 519. The van der Waals surface area contributed by atoms with Crippen molar-refractivity contribution in [3.63, 3.8) is 0 Å². The van der Waals surface area contributed by atoms with Gasteiger partial charge in [-0.25, -0.2) is 13.8 Å². The molecular formula is C11H9ClF2N2S. The minimum Gasteiger partial charge on any atom is -0.376 e. The summed E-state index contributed by atoms with van der Waals surface area (Å²) in [5.41, 5.74) is 0.894. The van der Waals surface area contributed by atoms with Crippen LogP contribution in [0.3, 0.4) is 0 Å². The second kappa shape index (κ2) is 4.98. The Labute approximate surface area is 106 Å². The average molecular weight is 275 g/mol. The Kier molecular flexibility index (Phi) is 3.59. The monoisotopic (exact) mass is 274 g/mol. The van der Waals surface area contributed by atoms with Crippen LogP contribution in [0.15, 0.2) is 17.5 Å². The topological polar surface area (TPSA) is 24.9 Å². The van der Waals surface area contributed by atoms with Gasteiger partial charge in [-0.15, -0.1) is 11.3 Å². The van der Waals surface area contributed by atoms with Gasteiger partial charge in [-0.2, -0.15) is 0 Å². The van der Waals surface area contributed by atoms with Gasteiger partial charge in [0, 0.05) is 11.4 Å². The molecule has 0 saturated carbocycles. The molecule has 0 bridgehead atoms. The van der Waals surface area contributed by atoms with Crippen molar-refractivity contribution >= 4 is 28.6 Å². The van der Waals surface area contributed by atoms with Crippen LogP contribution in [-0.4, -0.2) is 4.98 Å². The van der Waals surface area contributed by atoms with Gasteiger partial charge in [-0.3, -0.25) is 0 Å². The smallest absolute Gasteiger partial charge is 0.150 e. The number of nitrogens with one attached hydrogen (secondary N) is 1. The number of nitrogens with zero attached hydrogens (tertiary/aromatic N) is 1. The highest BCUT2D eigenvalue weighted by Crippen LogP contribution is 2.26. The van der Waals surface area contributed by atoms with Gasteiger partial charge in [-0.05, 0) is 13.0 Å². The van der Waals surface area contributed by atoms with Gasteiger partial charge in [0.1, 0.15) is 5.82 Å². The summed E-state index contributed by atoms with van der Waals surface area (Å²) in [4.78, 5) is 4.22. The van der Waals surface area contributed by atoms with E-state index in [1.54, 1.807) is 0 Å². The van der Waals surface area contributed by atoms with E-state index in [9.17, 15) is 8.78 Å². The summed E-state index contributed by atoms with van der Waals surface area (Å²) < 4.78 is 26.2. The third-order valence-corrected chi connectivity index (χ3v) is 3.24. The molecule has 0 unspecified atom stereocenters. The van der Waals surface area contributed by atoms with Crippen molar-refractivity contribution in [2.45, 2.75) is 13.5 Å². The molecule has 0 aliphatic carbocycles. The first kappa shape index (κ1) is 12.3. The van der Waals surface area contributed by atoms with E-state index in [-0.39, 0.29) is 10.7 Å². The Hall–Kier alpha value is -1.20. The zero-order valence-electron chi connectivity index (χ0n) is 8.93. The summed E-state index contributed by atoms with van der Waals surface area (Å²) in [5, 5.41) is 5.64. The minimum atomic E-state index is -0.707. The lowest BCUT2D eigenvalue weighted by Gasteiger charge is -2.08. The quantitative estimate of drug-likeness (QED) is 0.915. The summed E-state index contributed by atoms with van der Waals surface area (Å²) >= 11 is 7.26. The third-order valence-electron chi connectivity index (χ3n) is 2.12. The summed E-state index contributed by atoms with van der Waals surface area (Å²) in [6.07, 6.45) is 0. The van der Waals surface area contributed by atoms with E-state index < -0.39 is 11.6 Å². The van der Waals surface area contributed by atoms with Crippen LogP contribution in [0.5, 0.6) is 0 Å². The van der Waals surface area contributed by atoms with Crippen molar-refractivity contribution in [2.75, 3.05) is 5.32 Å². The van der Waals surface area contributed by atoms with Crippen molar-refractivity contribution in [1.29, 1.82) is 0 Å². The lowest BCUT2D eigenvalue weighted by atomic mass is 10.3. The fourth-order valence-electron chi connectivity index (χ4n) is 1.38. The molecule has 6 heteroatoms. The molecule has 0 atom stereocenters. The van der Waals surface area contributed by atoms with Gasteiger partial charge in [0.25, 0.3) is 0 Å². The Morgan fingerprint density at radius 2 is 2.18 bits per heavy atom. The van der Waals surface area contributed by atoms with Gasteiger partial charge in [0.05, 0.1) is 28.0 Å². The largest absolute Gasteiger partial charge is 0.376 e. The zero-order valence-corrected chi connectivity index (χ0v) is 10.5. The normalized spacial score (nSPS) is 10.6. The van der Waals surface area contributed by atoms with Gasteiger partial charge < -0.3 is 5.32 Å². The van der Waals surface area contributed by atoms with Gasteiger partial charge >= 0.3 is 0 Å². The highest BCUT2D eigenvalue weighted by Gasteiger charge is 2.10. The standard InChI is InChI=1S/C11H9ClF2N2S/c1-6-16-8(5-17-6)4-15-11-9(12)2-7(13)3-10(11)14/h2-3,5,15H,4H2,1H3. The Balaban J connectivity index is 2.14. The molecular weight excluding hydrogens is 266 g/mol. The molecule has 17 heavy (non-hydrogen) atoms. The van der Waals surface area contributed by atoms with E-state index >= 15 is 0 Å². The molecule has 2 aromatic rings. The SMILES string of the molecule is Cc1nc(CNc2c(F)cc(F)cc2Cl)cs1. The Morgan fingerprint density at radius 1 is 1.41 bits per heavy atom. The van der Waals surface area contributed by atoms with Crippen LogP contribution < -0.4 is 5.32 Å². The van der Waals surface area contributed by atoms with Crippen molar-refractivity contribution in [3.05, 3.63) is 44.9 Å². The van der Waals surface area contributed by atoms with Crippen LogP contribution >= 0.6 is 22.9 Å². The Morgan fingerprint density at radius 3 is 2.76 bits per heavy atom. The van der Waals surface area contributed by atoms with Crippen LogP contribution in [0, 0.1) is 18.6 Å². The van der Waals surface area contributed by atoms with Crippen molar-refractivity contribution in [3.8, 4) is 0 Å². The highest BCUT2D eigenvalue weighted by atomic mass is 35.5. The number of halogens is 3. The lowest BCUT2D eigenvalue weighted by molar-refractivity contribution is 0.585. The van der Waals surface area contributed by atoms with Crippen LogP contribution in [-0.2, 0) is 6.54 Å². The number of hydrogen-bond acceptors (Lipinski definition) is 3. The van der Waals surface area contributed by atoms with Gasteiger partial charge in [0.15, 0.2) is 5.82 Å². The van der Waals surface area contributed by atoms with E-state index in [0.717, 1.165) is 22.8 Å². The predicted molar refractivity (Wildman–Crippen MR) is 65.5 cm³/mol. The molecule has 1 N–H and O–H groups in total. The average Bonchev–Trinajstić information content (AvgIpc) is 2.62. The van der Waals surface area contributed by atoms with Crippen molar-refractivity contribution in [1.82, 2.24) is 4.98 Å². The number of hydrogen-bond donors (Lipinski definition) is 1. The van der Waals surface area contributed by atoms with E-state index in [1.807, 2.05) is 12.3 Å². The number of rotatable bonds is 3. The second-order valence-electron chi connectivity index (χ2n) is 3.46. The molecule has 90 valence electrons. The summed E-state index contributed by atoms with van der Waals surface area (Å²) in [7, 11) is 0. The first-order chi connectivity index (χ1) is 8.06. The number of aromatic nitrogens is 1. The summed E-state index contributed by atoms with van der Waals surface area (Å²) in [6.45, 7) is 2.24. The molecule has 0 aliphatic rings. The molecule has 0 saturated heterocycles. The zero-order chi connectivity index (χ0) is 12.4. The molecule has 2 nitrogen and oxygen atoms in total. The molecule has 0 aliphatic heterocycles. The first-order valence-corrected chi connectivity index (χ1v) is 6.11. The fourth-order valence-corrected chi connectivity index (χ4v) is 2.25. The van der Waals surface area contributed by atoms with Gasteiger partial charge in [-0.1, -0.05) is 11.6 Å². The van der Waals surface area contributed by atoms with E-state index in [0.29, 0.717) is 6.54 Å². The molecule has 1 aromatic heterocycles. The number of aryl methyl sites for hydroxylation is 1. The highest BCUT2D eigenvalue weighted by molar-refractivity contribution is 7.09. The molecule has 0 spiro atoms. The van der Waals surface area contributed by atoms with Gasteiger partial charge in [0.2, 0.25) is 0 Å². The van der Waals surface area contributed by atoms with Crippen LogP contribution in [0.25, 0.3) is 0 Å². The van der Waals surface area contributed by atoms with E-state index in [1.165, 1.54) is 11.3 Å². The van der Waals surface area contributed by atoms with Crippen LogP contribution in [0.4, 0.5) is 14.5 Å². The lowest BCUT2D eigenvalue weighted by Crippen LogP contribution is -2.03. The maximum atomic E-state index is 13.4. The molecule has 1 aromatic carbocycles. The molecule has 0 fully saturated rings. The molecule has 1 heterocycles. The maximum Gasteiger partial charge on any atom is 0.150 e. The first-order valence-electron chi connectivity index (χ1n) is 4.85.